The third-order valence-corrected chi connectivity index (χ3v) is 2.78. The van der Waals surface area contributed by atoms with Crippen LogP contribution in [0.1, 0.15) is 23.2 Å². The molecular weight excluding hydrogens is 214 g/mol. The SMILES string of the molecule is CN(C)c1cccc(C(=O)C2=CCCCO2)c1. The van der Waals surface area contributed by atoms with E-state index in [0.717, 1.165) is 18.5 Å². The Morgan fingerprint density at radius 3 is 2.82 bits per heavy atom. The highest BCUT2D eigenvalue weighted by molar-refractivity contribution is 6.07. The molecule has 1 aromatic carbocycles. The Morgan fingerprint density at radius 1 is 1.35 bits per heavy atom. The van der Waals surface area contributed by atoms with Crippen molar-refractivity contribution < 1.29 is 9.53 Å². The molecule has 1 aliphatic heterocycles. The number of ketones is 1. The quantitative estimate of drug-likeness (QED) is 0.749. The summed E-state index contributed by atoms with van der Waals surface area (Å²) in [6.45, 7) is 0.644. The first kappa shape index (κ1) is 11.7. The highest BCUT2D eigenvalue weighted by atomic mass is 16.5. The van der Waals surface area contributed by atoms with Gasteiger partial charge >= 0.3 is 0 Å². The van der Waals surface area contributed by atoms with Crippen molar-refractivity contribution in [2.24, 2.45) is 0 Å². The second kappa shape index (κ2) is 5.04. The van der Waals surface area contributed by atoms with Gasteiger partial charge in [0.05, 0.1) is 6.61 Å². The molecule has 0 N–H and O–H groups in total. The molecule has 0 aliphatic carbocycles. The second-order valence-corrected chi connectivity index (χ2v) is 4.33. The number of anilines is 1. The molecule has 2 rings (SSSR count). The standard InChI is InChI=1S/C14H17NO2/c1-15(2)12-7-5-6-11(10-12)14(16)13-8-3-4-9-17-13/h5-8,10H,3-4,9H2,1-2H3. The summed E-state index contributed by atoms with van der Waals surface area (Å²) < 4.78 is 5.39. The van der Waals surface area contributed by atoms with Gasteiger partial charge < -0.3 is 9.64 Å². The molecule has 0 unspecified atom stereocenters. The number of rotatable bonds is 3. The minimum atomic E-state index is -0.0200. The molecule has 0 saturated heterocycles. The average Bonchev–Trinajstić information content (AvgIpc) is 2.39. The predicted octanol–water partition coefficient (Wildman–Crippen LogP) is 2.63. The van der Waals surface area contributed by atoms with Gasteiger partial charge in [0, 0.05) is 25.3 Å². The number of carbonyl (C=O) groups excluding carboxylic acids is 1. The summed E-state index contributed by atoms with van der Waals surface area (Å²) in [6.07, 6.45) is 3.80. The van der Waals surface area contributed by atoms with E-state index in [1.165, 1.54) is 0 Å². The minimum absolute atomic E-state index is 0.0200. The first-order valence-corrected chi connectivity index (χ1v) is 5.83. The Balaban J connectivity index is 2.24. The van der Waals surface area contributed by atoms with E-state index in [1.807, 2.05) is 49.3 Å². The Labute approximate surface area is 102 Å². The highest BCUT2D eigenvalue weighted by Gasteiger charge is 2.16. The lowest BCUT2D eigenvalue weighted by atomic mass is 10.1. The molecule has 0 atom stereocenters. The molecule has 0 radical (unpaired) electrons. The Morgan fingerprint density at radius 2 is 2.18 bits per heavy atom. The highest BCUT2D eigenvalue weighted by Crippen LogP contribution is 2.19. The molecule has 1 aliphatic rings. The van der Waals surface area contributed by atoms with Crippen LogP contribution in [0, 0.1) is 0 Å². The monoisotopic (exact) mass is 231 g/mol. The van der Waals surface area contributed by atoms with Gasteiger partial charge in [0.2, 0.25) is 5.78 Å². The first-order valence-electron chi connectivity index (χ1n) is 5.83. The van der Waals surface area contributed by atoms with Crippen LogP contribution >= 0.6 is 0 Å². The normalized spacial score (nSPS) is 14.8. The topological polar surface area (TPSA) is 29.5 Å². The van der Waals surface area contributed by atoms with Crippen molar-refractivity contribution in [3.63, 3.8) is 0 Å². The van der Waals surface area contributed by atoms with E-state index in [1.54, 1.807) is 0 Å². The molecule has 0 fully saturated rings. The maximum Gasteiger partial charge on any atom is 0.227 e. The lowest BCUT2D eigenvalue weighted by Crippen LogP contribution is -2.13. The first-order chi connectivity index (χ1) is 8.18. The molecule has 1 heterocycles. The van der Waals surface area contributed by atoms with Gasteiger partial charge in [-0.15, -0.1) is 0 Å². The molecule has 0 saturated carbocycles. The molecule has 1 aromatic rings. The third-order valence-electron chi connectivity index (χ3n) is 2.78. The van der Waals surface area contributed by atoms with Gasteiger partial charge in [0.25, 0.3) is 0 Å². The fourth-order valence-corrected chi connectivity index (χ4v) is 1.78. The summed E-state index contributed by atoms with van der Waals surface area (Å²) in [6, 6.07) is 7.59. The van der Waals surface area contributed by atoms with Crippen LogP contribution in [0.5, 0.6) is 0 Å². The maximum absolute atomic E-state index is 12.2. The maximum atomic E-state index is 12.2. The van der Waals surface area contributed by atoms with Crippen molar-refractivity contribution in [3.05, 3.63) is 41.7 Å². The summed E-state index contributed by atoms with van der Waals surface area (Å²) >= 11 is 0. The molecular formula is C14H17NO2. The van der Waals surface area contributed by atoms with Crippen LogP contribution in [0.4, 0.5) is 5.69 Å². The van der Waals surface area contributed by atoms with Crippen LogP contribution in [0.3, 0.4) is 0 Å². The van der Waals surface area contributed by atoms with Crippen LogP contribution in [-0.2, 0) is 4.74 Å². The van der Waals surface area contributed by atoms with Gasteiger partial charge in [-0.05, 0) is 31.1 Å². The van der Waals surface area contributed by atoms with Crippen molar-refractivity contribution in [3.8, 4) is 0 Å². The van der Waals surface area contributed by atoms with Crippen molar-refractivity contribution >= 4 is 11.5 Å². The van der Waals surface area contributed by atoms with E-state index in [9.17, 15) is 4.79 Å². The molecule has 3 heteroatoms. The fraction of sp³-hybridized carbons (Fsp3) is 0.357. The summed E-state index contributed by atoms with van der Waals surface area (Å²) in [5, 5.41) is 0. The van der Waals surface area contributed by atoms with Gasteiger partial charge in [-0.2, -0.15) is 0 Å². The van der Waals surface area contributed by atoms with Crippen LogP contribution in [0.25, 0.3) is 0 Å². The van der Waals surface area contributed by atoms with E-state index < -0.39 is 0 Å². The van der Waals surface area contributed by atoms with Gasteiger partial charge in [-0.1, -0.05) is 12.1 Å². The average molecular weight is 231 g/mol. The number of nitrogens with zero attached hydrogens (tertiary/aromatic N) is 1. The molecule has 0 spiro atoms. The molecule has 3 nitrogen and oxygen atoms in total. The van der Waals surface area contributed by atoms with Gasteiger partial charge in [-0.3, -0.25) is 4.79 Å². The Bertz CT molecular complexity index is 449. The van der Waals surface area contributed by atoms with Crippen LogP contribution < -0.4 is 4.90 Å². The summed E-state index contributed by atoms with van der Waals surface area (Å²) in [7, 11) is 3.92. The fourth-order valence-electron chi connectivity index (χ4n) is 1.78. The van der Waals surface area contributed by atoms with E-state index in [4.69, 9.17) is 4.74 Å². The number of Topliss-reactive ketones (excluding diaryl/α,β-unsaturated/α-hetero) is 1. The lowest BCUT2D eigenvalue weighted by molar-refractivity contribution is 0.0899. The molecule has 0 bridgehead atoms. The smallest absolute Gasteiger partial charge is 0.227 e. The van der Waals surface area contributed by atoms with Crippen molar-refractivity contribution in [1.29, 1.82) is 0 Å². The van der Waals surface area contributed by atoms with E-state index >= 15 is 0 Å². The molecule has 0 aromatic heterocycles. The number of ether oxygens (including phenoxy) is 1. The molecule has 0 amide bonds. The number of hydrogen-bond acceptors (Lipinski definition) is 3. The minimum Gasteiger partial charge on any atom is -0.490 e. The van der Waals surface area contributed by atoms with Gasteiger partial charge in [-0.25, -0.2) is 0 Å². The Hall–Kier alpha value is -1.77. The summed E-state index contributed by atoms with van der Waals surface area (Å²) in [5.74, 6) is 0.473. The zero-order valence-electron chi connectivity index (χ0n) is 10.3. The predicted molar refractivity (Wildman–Crippen MR) is 68.4 cm³/mol. The number of benzene rings is 1. The van der Waals surface area contributed by atoms with Crippen molar-refractivity contribution in [1.82, 2.24) is 0 Å². The second-order valence-electron chi connectivity index (χ2n) is 4.33. The van der Waals surface area contributed by atoms with Crippen LogP contribution in [-0.4, -0.2) is 26.5 Å². The Kier molecular flexibility index (Phi) is 3.47. The van der Waals surface area contributed by atoms with Crippen LogP contribution in [0.15, 0.2) is 36.1 Å². The van der Waals surface area contributed by atoms with Gasteiger partial charge in [0.1, 0.15) is 0 Å². The summed E-state index contributed by atoms with van der Waals surface area (Å²) in [5.41, 5.74) is 1.71. The summed E-state index contributed by atoms with van der Waals surface area (Å²) in [4.78, 5) is 14.1. The molecule has 90 valence electrons. The van der Waals surface area contributed by atoms with Crippen molar-refractivity contribution in [2.45, 2.75) is 12.8 Å². The van der Waals surface area contributed by atoms with E-state index in [-0.39, 0.29) is 5.78 Å². The zero-order chi connectivity index (χ0) is 12.3. The van der Waals surface area contributed by atoms with Gasteiger partial charge in [0.15, 0.2) is 5.76 Å². The van der Waals surface area contributed by atoms with Crippen LogP contribution in [0.2, 0.25) is 0 Å². The van der Waals surface area contributed by atoms with Crippen molar-refractivity contribution in [2.75, 3.05) is 25.6 Å². The number of allylic oxidation sites excluding steroid dienone is 2. The number of carbonyl (C=O) groups is 1. The van der Waals surface area contributed by atoms with E-state index in [0.29, 0.717) is 17.9 Å². The van der Waals surface area contributed by atoms with E-state index in [2.05, 4.69) is 0 Å². The lowest BCUT2D eigenvalue weighted by Gasteiger charge is -2.16. The molecule has 17 heavy (non-hydrogen) atoms. The number of hydrogen-bond donors (Lipinski definition) is 0. The largest absolute Gasteiger partial charge is 0.490 e. The third kappa shape index (κ3) is 2.67. The zero-order valence-corrected chi connectivity index (χ0v) is 10.3.